The van der Waals surface area contributed by atoms with E-state index < -0.39 is 0 Å². The van der Waals surface area contributed by atoms with Gasteiger partial charge in [-0.05, 0) is 50.1 Å². The first-order valence-corrected chi connectivity index (χ1v) is 12.4. The number of aryl methyl sites for hydroxylation is 1. The minimum atomic E-state index is -0.0180. The van der Waals surface area contributed by atoms with Crippen LogP contribution >= 0.6 is 11.8 Å². The van der Waals surface area contributed by atoms with E-state index in [1.54, 1.807) is 41.0 Å². The molecule has 2 fully saturated rings. The Balaban J connectivity index is 1.27. The summed E-state index contributed by atoms with van der Waals surface area (Å²) in [5.41, 5.74) is 3.08. The SMILES string of the molecule is Cc1ccc(C(=O)N2CCSC2)c(C2CCN(C(=O)c3ccc(-n4cccn4)nc3)CC2)n1. The highest BCUT2D eigenvalue weighted by Crippen LogP contribution is 2.31. The minimum Gasteiger partial charge on any atom is -0.339 e. The molecule has 2 aliphatic rings. The molecule has 5 heterocycles. The number of rotatable bonds is 4. The third-order valence-corrected chi connectivity index (χ3v) is 7.20. The van der Waals surface area contributed by atoms with Gasteiger partial charge in [0.25, 0.3) is 11.8 Å². The first-order valence-electron chi connectivity index (χ1n) is 11.2. The Hall–Kier alpha value is -3.20. The second kappa shape index (κ2) is 9.35. The molecular weight excluding hydrogens is 436 g/mol. The Bertz CT molecular complexity index is 1130. The maximum absolute atomic E-state index is 13.1. The summed E-state index contributed by atoms with van der Waals surface area (Å²) in [6.07, 6.45) is 6.69. The van der Waals surface area contributed by atoms with Crippen LogP contribution in [0.15, 0.2) is 48.9 Å². The van der Waals surface area contributed by atoms with Crippen LogP contribution in [0.4, 0.5) is 0 Å². The second-order valence-corrected chi connectivity index (χ2v) is 9.49. The number of hydrogen-bond acceptors (Lipinski definition) is 6. The molecule has 3 aromatic heterocycles. The van der Waals surface area contributed by atoms with Crippen LogP contribution in [0.1, 0.15) is 50.9 Å². The molecule has 2 saturated heterocycles. The molecule has 3 aromatic rings. The van der Waals surface area contributed by atoms with Gasteiger partial charge in [-0.1, -0.05) is 0 Å². The van der Waals surface area contributed by atoms with Crippen molar-refractivity contribution in [2.24, 2.45) is 0 Å². The molecule has 0 aliphatic carbocycles. The summed E-state index contributed by atoms with van der Waals surface area (Å²) < 4.78 is 1.66. The average molecular weight is 463 g/mol. The average Bonchev–Trinajstić information content (AvgIpc) is 3.58. The highest BCUT2D eigenvalue weighted by Gasteiger charge is 2.30. The number of thioether (sulfide) groups is 1. The van der Waals surface area contributed by atoms with Gasteiger partial charge >= 0.3 is 0 Å². The van der Waals surface area contributed by atoms with E-state index >= 15 is 0 Å². The normalized spacial score (nSPS) is 16.9. The fraction of sp³-hybridized carbons (Fsp3) is 0.375. The van der Waals surface area contributed by atoms with Crippen molar-refractivity contribution in [1.82, 2.24) is 29.5 Å². The predicted octanol–water partition coefficient (Wildman–Crippen LogP) is 3.14. The maximum Gasteiger partial charge on any atom is 0.256 e. The van der Waals surface area contributed by atoms with Gasteiger partial charge in [0.05, 0.1) is 22.7 Å². The molecule has 0 N–H and O–H groups in total. The molecule has 0 unspecified atom stereocenters. The van der Waals surface area contributed by atoms with Gasteiger partial charge in [0.2, 0.25) is 0 Å². The van der Waals surface area contributed by atoms with Gasteiger partial charge in [0.1, 0.15) is 0 Å². The van der Waals surface area contributed by atoms with Crippen LogP contribution in [0, 0.1) is 6.92 Å². The third-order valence-electron chi connectivity index (χ3n) is 6.24. The molecule has 5 rings (SSSR count). The zero-order chi connectivity index (χ0) is 22.8. The van der Waals surface area contributed by atoms with Crippen molar-refractivity contribution >= 4 is 23.6 Å². The van der Waals surface area contributed by atoms with Gasteiger partial charge in [-0.25, -0.2) is 9.67 Å². The maximum atomic E-state index is 13.1. The van der Waals surface area contributed by atoms with E-state index in [4.69, 9.17) is 4.98 Å². The third kappa shape index (κ3) is 4.50. The number of piperidine rings is 1. The molecule has 33 heavy (non-hydrogen) atoms. The second-order valence-electron chi connectivity index (χ2n) is 8.41. The standard InChI is InChI=1S/C24H26N6O2S/c1-17-3-5-20(24(32)29-13-14-33-16-29)22(27-17)18-7-11-28(12-8-18)23(31)19-4-6-21(25-15-19)30-10-2-9-26-30/h2-6,9-10,15,18H,7-8,11-14,16H2,1H3. The Morgan fingerprint density at radius 1 is 1.03 bits per heavy atom. The van der Waals surface area contributed by atoms with E-state index in [0.29, 0.717) is 30.0 Å². The van der Waals surface area contributed by atoms with Crippen molar-refractivity contribution in [3.05, 3.63) is 71.4 Å². The molecule has 0 radical (unpaired) electrons. The van der Waals surface area contributed by atoms with Crippen molar-refractivity contribution in [2.45, 2.75) is 25.7 Å². The Labute approximate surface area is 197 Å². The van der Waals surface area contributed by atoms with Crippen molar-refractivity contribution < 1.29 is 9.59 Å². The number of hydrogen-bond donors (Lipinski definition) is 0. The zero-order valence-electron chi connectivity index (χ0n) is 18.6. The van der Waals surface area contributed by atoms with E-state index in [2.05, 4.69) is 10.1 Å². The fourth-order valence-corrected chi connectivity index (χ4v) is 5.35. The molecule has 0 aromatic carbocycles. The lowest BCUT2D eigenvalue weighted by molar-refractivity contribution is 0.0707. The van der Waals surface area contributed by atoms with Gasteiger partial charge in [-0.3, -0.25) is 14.6 Å². The van der Waals surface area contributed by atoms with E-state index in [9.17, 15) is 9.59 Å². The van der Waals surface area contributed by atoms with E-state index in [1.807, 2.05) is 41.1 Å². The van der Waals surface area contributed by atoms with Crippen molar-refractivity contribution in [2.75, 3.05) is 31.3 Å². The molecule has 0 saturated carbocycles. The summed E-state index contributed by atoms with van der Waals surface area (Å²) in [4.78, 5) is 39.0. The molecule has 170 valence electrons. The van der Waals surface area contributed by atoms with Crippen LogP contribution in [0.3, 0.4) is 0 Å². The lowest BCUT2D eigenvalue weighted by atomic mass is 9.89. The summed E-state index contributed by atoms with van der Waals surface area (Å²) in [7, 11) is 0. The largest absolute Gasteiger partial charge is 0.339 e. The van der Waals surface area contributed by atoms with Crippen LogP contribution < -0.4 is 0 Å². The minimum absolute atomic E-state index is 0.0180. The quantitative estimate of drug-likeness (QED) is 0.592. The number of aromatic nitrogens is 4. The highest BCUT2D eigenvalue weighted by molar-refractivity contribution is 7.99. The topological polar surface area (TPSA) is 84.2 Å². The number of pyridine rings is 2. The van der Waals surface area contributed by atoms with Crippen molar-refractivity contribution in [3.8, 4) is 5.82 Å². The number of nitrogens with zero attached hydrogens (tertiary/aromatic N) is 6. The lowest BCUT2D eigenvalue weighted by Gasteiger charge is -2.32. The predicted molar refractivity (Wildman–Crippen MR) is 127 cm³/mol. The summed E-state index contributed by atoms with van der Waals surface area (Å²) in [5.74, 6) is 2.63. The van der Waals surface area contributed by atoms with Gasteiger partial charge in [-0.15, -0.1) is 11.8 Å². The molecule has 0 spiro atoms. The van der Waals surface area contributed by atoms with Crippen LogP contribution in [0.25, 0.3) is 5.82 Å². The van der Waals surface area contributed by atoms with Gasteiger partial charge in [0.15, 0.2) is 5.82 Å². The van der Waals surface area contributed by atoms with E-state index in [-0.39, 0.29) is 17.7 Å². The molecule has 2 amide bonds. The monoisotopic (exact) mass is 462 g/mol. The summed E-state index contributed by atoms with van der Waals surface area (Å²) in [6.45, 7) is 4.01. The van der Waals surface area contributed by atoms with Crippen molar-refractivity contribution in [3.63, 3.8) is 0 Å². The van der Waals surface area contributed by atoms with E-state index in [1.165, 1.54) is 0 Å². The highest BCUT2D eigenvalue weighted by atomic mass is 32.2. The molecule has 0 bridgehead atoms. The first kappa shape index (κ1) is 21.6. The Kier molecular flexibility index (Phi) is 6.13. The molecule has 9 heteroatoms. The summed E-state index contributed by atoms with van der Waals surface area (Å²) in [6, 6.07) is 9.27. The molecule has 8 nitrogen and oxygen atoms in total. The molecular formula is C24H26N6O2S. The number of amides is 2. The Morgan fingerprint density at radius 2 is 1.88 bits per heavy atom. The fourth-order valence-electron chi connectivity index (χ4n) is 4.40. The van der Waals surface area contributed by atoms with Crippen LogP contribution in [-0.2, 0) is 0 Å². The van der Waals surface area contributed by atoms with E-state index in [0.717, 1.165) is 42.4 Å². The van der Waals surface area contributed by atoms with Gasteiger partial charge < -0.3 is 9.80 Å². The lowest BCUT2D eigenvalue weighted by Crippen LogP contribution is -2.38. The summed E-state index contributed by atoms with van der Waals surface area (Å²) >= 11 is 1.78. The molecule has 0 atom stereocenters. The van der Waals surface area contributed by atoms with Crippen LogP contribution in [0.5, 0.6) is 0 Å². The smallest absolute Gasteiger partial charge is 0.256 e. The van der Waals surface area contributed by atoms with Crippen molar-refractivity contribution in [1.29, 1.82) is 0 Å². The van der Waals surface area contributed by atoms with Crippen LogP contribution in [0.2, 0.25) is 0 Å². The number of carbonyl (C=O) groups excluding carboxylic acids is 2. The molecule has 2 aliphatic heterocycles. The number of carbonyl (C=O) groups is 2. The summed E-state index contributed by atoms with van der Waals surface area (Å²) in [5, 5.41) is 4.16. The van der Waals surface area contributed by atoms with Gasteiger partial charge in [-0.2, -0.15) is 5.10 Å². The van der Waals surface area contributed by atoms with Gasteiger partial charge in [0, 0.05) is 55.6 Å². The number of likely N-dealkylation sites (tertiary alicyclic amines) is 1. The Morgan fingerprint density at radius 3 is 2.55 bits per heavy atom. The first-order chi connectivity index (χ1) is 16.1. The zero-order valence-corrected chi connectivity index (χ0v) is 19.4. The van der Waals surface area contributed by atoms with Crippen LogP contribution in [-0.4, -0.2) is 72.6 Å².